The van der Waals surface area contributed by atoms with E-state index < -0.39 is 12.8 Å². The van der Waals surface area contributed by atoms with Gasteiger partial charge in [0.15, 0.2) is 5.82 Å². The molecule has 1 aliphatic heterocycles. The van der Waals surface area contributed by atoms with Gasteiger partial charge in [0.2, 0.25) is 0 Å². The third-order valence-electron chi connectivity index (χ3n) is 3.91. The summed E-state index contributed by atoms with van der Waals surface area (Å²) in [6.07, 6.45) is -1.29. The number of hydrogen-bond donors (Lipinski definition) is 3. The molecule has 0 saturated heterocycles. The zero-order chi connectivity index (χ0) is 18.0. The van der Waals surface area contributed by atoms with E-state index in [2.05, 4.69) is 15.3 Å². The molecule has 3 rings (SSSR count). The number of amides is 1. The lowest BCUT2D eigenvalue weighted by Gasteiger charge is -2.26. The SMILES string of the molecule is CC1Nc2cc(N(CCF)C(=O)O)nc(N)c2N=C1c1ccccc1. The second-order valence-corrected chi connectivity index (χ2v) is 5.61. The minimum atomic E-state index is -1.29. The molecule has 0 bridgehead atoms. The number of alkyl halides is 1. The van der Waals surface area contributed by atoms with Gasteiger partial charge in [0.25, 0.3) is 0 Å². The summed E-state index contributed by atoms with van der Waals surface area (Å²) in [5.41, 5.74) is 8.78. The van der Waals surface area contributed by atoms with E-state index in [4.69, 9.17) is 5.73 Å². The number of nitrogens with zero attached hydrogens (tertiary/aromatic N) is 3. The van der Waals surface area contributed by atoms with Crippen molar-refractivity contribution in [3.63, 3.8) is 0 Å². The van der Waals surface area contributed by atoms with Crippen LogP contribution in [0, 0.1) is 0 Å². The number of hydrogen-bond acceptors (Lipinski definition) is 5. The standard InChI is InChI=1S/C17H18FN5O2/c1-10-14(11-5-3-2-4-6-11)22-15-12(20-10)9-13(21-16(15)19)23(8-7-18)17(24)25/h2-6,9-10,20H,7-8H2,1H3,(H2,19,21)(H,24,25). The van der Waals surface area contributed by atoms with Crippen molar-refractivity contribution >= 4 is 34.8 Å². The summed E-state index contributed by atoms with van der Waals surface area (Å²) in [7, 11) is 0. The summed E-state index contributed by atoms with van der Waals surface area (Å²) in [6, 6.07) is 11.1. The average molecular weight is 343 g/mol. The van der Waals surface area contributed by atoms with Crippen LogP contribution in [0.5, 0.6) is 0 Å². The van der Waals surface area contributed by atoms with Crippen LogP contribution in [-0.4, -0.2) is 41.2 Å². The Bertz CT molecular complexity index is 825. The number of fused-ring (bicyclic) bond motifs is 1. The van der Waals surface area contributed by atoms with E-state index >= 15 is 0 Å². The van der Waals surface area contributed by atoms with Gasteiger partial charge >= 0.3 is 6.09 Å². The number of halogens is 1. The van der Waals surface area contributed by atoms with Crippen LogP contribution in [0.2, 0.25) is 0 Å². The zero-order valence-electron chi connectivity index (χ0n) is 13.6. The van der Waals surface area contributed by atoms with Crippen LogP contribution < -0.4 is 16.0 Å². The van der Waals surface area contributed by atoms with E-state index in [1.807, 2.05) is 37.3 Å². The second kappa shape index (κ2) is 6.76. The molecule has 1 aromatic heterocycles. The van der Waals surface area contributed by atoms with Crippen molar-refractivity contribution in [1.82, 2.24) is 4.98 Å². The maximum atomic E-state index is 12.6. The zero-order valence-corrected chi connectivity index (χ0v) is 13.6. The molecule has 1 atom stereocenters. The number of benzene rings is 1. The summed E-state index contributed by atoms with van der Waals surface area (Å²) in [5.74, 6) is 0.157. The molecule has 0 spiro atoms. The first-order valence-corrected chi connectivity index (χ1v) is 7.78. The number of nitrogens with two attached hydrogens (primary N) is 1. The highest BCUT2D eigenvalue weighted by molar-refractivity contribution is 6.10. The van der Waals surface area contributed by atoms with Gasteiger partial charge in [-0.2, -0.15) is 0 Å². The number of anilines is 3. The topological polar surface area (TPSA) is 104 Å². The molecule has 1 aliphatic rings. The van der Waals surface area contributed by atoms with E-state index in [1.54, 1.807) is 0 Å². The summed E-state index contributed by atoms with van der Waals surface area (Å²) in [4.78, 5) is 20.8. The number of aromatic nitrogens is 1. The van der Waals surface area contributed by atoms with Gasteiger partial charge in [0.05, 0.1) is 24.0 Å². The van der Waals surface area contributed by atoms with Crippen LogP contribution in [0.15, 0.2) is 41.4 Å². The quantitative estimate of drug-likeness (QED) is 0.791. The highest BCUT2D eigenvalue weighted by Crippen LogP contribution is 2.38. The van der Waals surface area contributed by atoms with Crippen LogP contribution in [-0.2, 0) is 0 Å². The Balaban J connectivity index is 2.05. The van der Waals surface area contributed by atoms with Gasteiger partial charge in [-0.1, -0.05) is 30.3 Å². The second-order valence-electron chi connectivity index (χ2n) is 5.61. The van der Waals surface area contributed by atoms with E-state index in [0.29, 0.717) is 11.4 Å². The molecule has 0 fully saturated rings. The maximum Gasteiger partial charge on any atom is 0.413 e. The fourth-order valence-corrected chi connectivity index (χ4v) is 2.74. The van der Waals surface area contributed by atoms with Crippen molar-refractivity contribution in [2.45, 2.75) is 13.0 Å². The van der Waals surface area contributed by atoms with E-state index in [1.165, 1.54) is 6.07 Å². The predicted molar refractivity (Wildman–Crippen MR) is 95.7 cm³/mol. The predicted octanol–water partition coefficient (Wildman–Crippen LogP) is 3.05. The van der Waals surface area contributed by atoms with Crippen molar-refractivity contribution in [1.29, 1.82) is 0 Å². The van der Waals surface area contributed by atoms with Gasteiger partial charge in [-0.25, -0.2) is 19.2 Å². The molecule has 25 heavy (non-hydrogen) atoms. The molecule has 130 valence electrons. The van der Waals surface area contributed by atoms with Crippen molar-refractivity contribution < 1.29 is 14.3 Å². The van der Waals surface area contributed by atoms with Crippen molar-refractivity contribution in [2.75, 3.05) is 29.2 Å². The van der Waals surface area contributed by atoms with Crippen molar-refractivity contribution in [3.8, 4) is 0 Å². The normalized spacial score (nSPS) is 15.8. The number of nitrogen functional groups attached to an aromatic ring is 1. The Labute approximate surface area is 144 Å². The Morgan fingerprint density at radius 3 is 2.76 bits per heavy atom. The molecular formula is C17H18FN5O2. The van der Waals surface area contributed by atoms with Crippen molar-refractivity contribution in [3.05, 3.63) is 42.0 Å². The Kier molecular flexibility index (Phi) is 4.51. The van der Waals surface area contributed by atoms with E-state index in [0.717, 1.165) is 16.2 Å². The lowest BCUT2D eigenvalue weighted by Crippen LogP contribution is -2.33. The van der Waals surface area contributed by atoms with E-state index in [-0.39, 0.29) is 24.2 Å². The number of carboxylic acid groups (broad SMARTS) is 1. The molecule has 4 N–H and O–H groups in total. The fraction of sp³-hybridized carbons (Fsp3) is 0.235. The highest BCUT2D eigenvalue weighted by atomic mass is 19.1. The van der Waals surface area contributed by atoms with Crippen LogP contribution >= 0.6 is 0 Å². The molecule has 0 radical (unpaired) electrons. The molecule has 8 heteroatoms. The van der Waals surface area contributed by atoms with Crippen molar-refractivity contribution in [2.24, 2.45) is 4.99 Å². The Morgan fingerprint density at radius 1 is 1.40 bits per heavy atom. The smallest absolute Gasteiger partial charge is 0.413 e. The highest BCUT2D eigenvalue weighted by Gasteiger charge is 2.25. The molecule has 1 unspecified atom stereocenters. The molecule has 7 nitrogen and oxygen atoms in total. The number of aliphatic imine (C=N–C) groups is 1. The number of carbonyl (C=O) groups is 1. The Morgan fingerprint density at radius 2 is 2.12 bits per heavy atom. The third kappa shape index (κ3) is 3.23. The summed E-state index contributed by atoms with van der Waals surface area (Å²) in [5, 5.41) is 12.5. The molecule has 0 saturated carbocycles. The Hall–Kier alpha value is -3.16. The first-order valence-electron chi connectivity index (χ1n) is 7.78. The number of pyridine rings is 1. The van der Waals surface area contributed by atoms with Crippen LogP contribution in [0.1, 0.15) is 12.5 Å². The lowest BCUT2D eigenvalue weighted by molar-refractivity contribution is 0.201. The molecule has 2 aromatic rings. The van der Waals surface area contributed by atoms with Gasteiger partial charge in [0, 0.05) is 6.07 Å². The largest absolute Gasteiger partial charge is 0.465 e. The van der Waals surface area contributed by atoms with Crippen LogP contribution in [0.4, 0.5) is 32.2 Å². The molecule has 1 aromatic carbocycles. The monoisotopic (exact) mass is 343 g/mol. The van der Waals surface area contributed by atoms with Crippen LogP contribution in [0.3, 0.4) is 0 Å². The van der Waals surface area contributed by atoms with Gasteiger partial charge in [0.1, 0.15) is 18.2 Å². The summed E-state index contributed by atoms with van der Waals surface area (Å²) < 4.78 is 12.6. The first-order chi connectivity index (χ1) is 12.0. The van der Waals surface area contributed by atoms with Gasteiger partial charge < -0.3 is 16.2 Å². The lowest BCUT2D eigenvalue weighted by atomic mass is 10.0. The number of rotatable bonds is 4. The molecular weight excluding hydrogens is 325 g/mol. The van der Waals surface area contributed by atoms with E-state index in [9.17, 15) is 14.3 Å². The van der Waals surface area contributed by atoms with Gasteiger partial charge in [-0.3, -0.25) is 4.90 Å². The molecule has 0 aliphatic carbocycles. The first kappa shape index (κ1) is 16.7. The maximum absolute atomic E-state index is 12.6. The van der Waals surface area contributed by atoms with Gasteiger partial charge in [-0.05, 0) is 12.5 Å². The minimum absolute atomic E-state index is 0.0689. The minimum Gasteiger partial charge on any atom is -0.465 e. The average Bonchev–Trinajstić information content (AvgIpc) is 2.59. The molecule has 2 heterocycles. The number of nitrogens with one attached hydrogen (secondary N) is 1. The summed E-state index contributed by atoms with van der Waals surface area (Å²) in [6.45, 7) is 0.821. The van der Waals surface area contributed by atoms with Crippen LogP contribution in [0.25, 0.3) is 0 Å². The fourth-order valence-electron chi connectivity index (χ4n) is 2.74. The third-order valence-corrected chi connectivity index (χ3v) is 3.91. The van der Waals surface area contributed by atoms with Gasteiger partial charge in [-0.15, -0.1) is 0 Å². The summed E-state index contributed by atoms with van der Waals surface area (Å²) >= 11 is 0. The molecule has 1 amide bonds.